The molecule has 2 aliphatic carbocycles. The number of para-hydroxylation sites is 3. The summed E-state index contributed by atoms with van der Waals surface area (Å²) in [4.78, 5) is 2.51. The lowest BCUT2D eigenvalue weighted by molar-refractivity contribution is 0.775. The third kappa shape index (κ3) is 5.65. The van der Waals surface area contributed by atoms with Gasteiger partial charge in [-0.25, -0.2) is 0 Å². The molecule has 2 heteroatoms. The van der Waals surface area contributed by atoms with Crippen molar-refractivity contribution in [2.45, 2.75) is 5.41 Å². The Hall–Kier alpha value is -9.24. The Morgan fingerprint density at radius 1 is 0.310 bits per heavy atom. The zero-order valence-electron chi connectivity index (χ0n) is 38.8. The second-order valence-corrected chi connectivity index (χ2v) is 19.1. The van der Waals surface area contributed by atoms with Crippen LogP contribution in [-0.4, -0.2) is 4.57 Å². The topological polar surface area (TPSA) is 8.17 Å². The summed E-state index contributed by atoms with van der Waals surface area (Å²) in [6.07, 6.45) is 0. The molecular formula is C69H44N2. The minimum Gasteiger partial charge on any atom is -0.310 e. The molecule has 0 saturated heterocycles. The number of aromatic nitrogens is 1. The molecule has 0 bridgehead atoms. The molecule has 0 fully saturated rings. The van der Waals surface area contributed by atoms with Crippen LogP contribution in [-0.2, 0) is 5.41 Å². The van der Waals surface area contributed by atoms with Crippen molar-refractivity contribution < 1.29 is 0 Å². The maximum Gasteiger partial charge on any atom is 0.0732 e. The van der Waals surface area contributed by atoms with Crippen molar-refractivity contribution in [1.29, 1.82) is 0 Å². The van der Waals surface area contributed by atoms with Gasteiger partial charge in [-0.1, -0.05) is 218 Å². The predicted molar refractivity (Wildman–Crippen MR) is 298 cm³/mol. The molecule has 0 amide bonds. The average Bonchev–Trinajstić information content (AvgIpc) is 3.93. The molecule has 0 aliphatic heterocycles. The predicted octanol–water partition coefficient (Wildman–Crippen LogP) is 18.2. The van der Waals surface area contributed by atoms with Crippen LogP contribution in [0.5, 0.6) is 0 Å². The second-order valence-electron chi connectivity index (χ2n) is 19.1. The maximum absolute atomic E-state index is 2.55. The Balaban J connectivity index is 1.07. The van der Waals surface area contributed by atoms with E-state index in [9.17, 15) is 0 Å². The SMILES string of the molecule is c1ccc(-c2ccccc2N(c2ccc3c(c2)C2(c4ccccc4-3)c3ccccc3-c3cccc4ccc(-c5cccc6ccccc56)c2c34)c2ccc3c4ccccc4n(-c4ccccc4)c3c2)cc1. The van der Waals surface area contributed by atoms with Crippen LogP contribution in [0, 0.1) is 0 Å². The van der Waals surface area contributed by atoms with Gasteiger partial charge in [0.15, 0.2) is 0 Å². The zero-order valence-corrected chi connectivity index (χ0v) is 38.8. The Kier molecular flexibility index (Phi) is 8.61. The van der Waals surface area contributed by atoms with E-state index in [1.807, 2.05) is 0 Å². The first kappa shape index (κ1) is 39.7. The molecule has 71 heavy (non-hydrogen) atoms. The van der Waals surface area contributed by atoms with Gasteiger partial charge in [-0.2, -0.15) is 0 Å². The van der Waals surface area contributed by atoms with Gasteiger partial charge in [0.2, 0.25) is 0 Å². The molecule has 15 rings (SSSR count). The van der Waals surface area contributed by atoms with Crippen molar-refractivity contribution >= 4 is 60.4 Å². The first-order chi connectivity index (χ1) is 35.3. The largest absolute Gasteiger partial charge is 0.310 e. The minimum atomic E-state index is -0.674. The smallest absolute Gasteiger partial charge is 0.0732 e. The molecular weight excluding hydrogens is 857 g/mol. The summed E-state index contributed by atoms with van der Waals surface area (Å²) in [5.41, 5.74) is 21.3. The third-order valence-electron chi connectivity index (χ3n) is 15.6. The van der Waals surface area contributed by atoms with Crippen molar-refractivity contribution in [3.05, 3.63) is 289 Å². The molecule has 12 aromatic carbocycles. The normalized spacial score (nSPS) is 14.3. The van der Waals surface area contributed by atoms with Gasteiger partial charge in [-0.05, 0) is 131 Å². The minimum absolute atomic E-state index is 0.674. The fraction of sp³-hybridized carbons (Fsp3) is 0.0145. The molecule has 1 spiro atoms. The van der Waals surface area contributed by atoms with E-state index in [4.69, 9.17) is 0 Å². The number of hydrogen-bond acceptors (Lipinski definition) is 1. The van der Waals surface area contributed by atoms with Crippen LogP contribution in [0.1, 0.15) is 22.3 Å². The lowest BCUT2D eigenvalue weighted by atomic mass is 9.60. The highest BCUT2D eigenvalue weighted by molar-refractivity contribution is 6.13. The van der Waals surface area contributed by atoms with Gasteiger partial charge in [0.1, 0.15) is 0 Å². The number of hydrogen-bond donors (Lipinski definition) is 0. The van der Waals surface area contributed by atoms with Crippen molar-refractivity contribution in [3.63, 3.8) is 0 Å². The molecule has 0 radical (unpaired) electrons. The summed E-state index contributed by atoms with van der Waals surface area (Å²) >= 11 is 0. The summed E-state index contributed by atoms with van der Waals surface area (Å²) in [5.74, 6) is 0. The van der Waals surface area contributed by atoms with Gasteiger partial charge in [-0.3, -0.25) is 0 Å². The number of rotatable bonds is 6. The highest BCUT2D eigenvalue weighted by Gasteiger charge is 2.51. The molecule has 1 heterocycles. The van der Waals surface area contributed by atoms with E-state index in [-0.39, 0.29) is 0 Å². The van der Waals surface area contributed by atoms with Gasteiger partial charge < -0.3 is 9.47 Å². The molecule has 2 nitrogen and oxygen atoms in total. The maximum atomic E-state index is 2.55. The average molecular weight is 901 g/mol. The van der Waals surface area contributed by atoms with Crippen LogP contribution in [0.15, 0.2) is 267 Å². The van der Waals surface area contributed by atoms with Crippen molar-refractivity contribution in [2.24, 2.45) is 0 Å². The number of fused-ring (bicyclic) bond motifs is 13. The summed E-state index contributed by atoms with van der Waals surface area (Å²) < 4.78 is 2.43. The number of anilines is 3. The number of benzene rings is 12. The molecule has 0 N–H and O–H groups in total. The molecule has 2 aliphatic rings. The van der Waals surface area contributed by atoms with Gasteiger partial charge in [-0.15, -0.1) is 0 Å². The Labute approximate surface area is 412 Å². The van der Waals surface area contributed by atoms with E-state index in [1.54, 1.807) is 0 Å². The first-order valence-electron chi connectivity index (χ1n) is 24.7. The van der Waals surface area contributed by atoms with Crippen LogP contribution >= 0.6 is 0 Å². The fourth-order valence-corrected chi connectivity index (χ4v) is 12.7. The Morgan fingerprint density at radius 2 is 0.859 bits per heavy atom. The first-order valence-corrected chi connectivity index (χ1v) is 24.7. The lowest BCUT2D eigenvalue weighted by Gasteiger charge is -2.42. The molecule has 330 valence electrons. The van der Waals surface area contributed by atoms with Gasteiger partial charge in [0.05, 0.1) is 22.1 Å². The molecule has 1 atom stereocenters. The van der Waals surface area contributed by atoms with Crippen LogP contribution in [0.25, 0.3) is 93.5 Å². The van der Waals surface area contributed by atoms with Crippen LogP contribution in [0.3, 0.4) is 0 Å². The fourth-order valence-electron chi connectivity index (χ4n) is 12.7. The summed E-state index contributed by atoms with van der Waals surface area (Å²) in [7, 11) is 0. The van der Waals surface area contributed by atoms with E-state index >= 15 is 0 Å². The van der Waals surface area contributed by atoms with Gasteiger partial charge in [0.25, 0.3) is 0 Å². The van der Waals surface area contributed by atoms with Crippen molar-refractivity contribution in [2.75, 3.05) is 4.90 Å². The van der Waals surface area contributed by atoms with Crippen LogP contribution in [0.4, 0.5) is 17.1 Å². The highest BCUT2D eigenvalue weighted by Crippen LogP contribution is 2.64. The third-order valence-corrected chi connectivity index (χ3v) is 15.6. The molecule has 13 aromatic rings. The Bertz CT molecular complexity index is 4290. The van der Waals surface area contributed by atoms with E-state index < -0.39 is 5.41 Å². The van der Waals surface area contributed by atoms with Gasteiger partial charge in [0, 0.05) is 33.4 Å². The van der Waals surface area contributed by atoms with Crippen molar-refractivity contribution in [3.8, 4) is 50.2 Å². The second kappa shape index (κ2) is 15.4. The summed E-state index contributed by atoms with van der Waals surface area (Å²) in [5, 5.41) is 7.51. The molecule has 0 saturated carbocycles. The monoisotopic (exact) mass is 900 g/mol. The number of nitrogens with zero attached hydrogens (tertiary/aromatic N) is 2. The lowest BCUT2D eigenvalue weighted by Crippen LogP contribution is -2.32. The van der Waals surface area contributed by atoms with E-state index in [1.165, 1.54) is 99.0 Å². The van der Waals surface area contributed by atoms with E-state index in [2.05, 4.69) is 276 Å². The standard InChI is InChI=1S/C69H44N2/c1-3-19-46(20-4-1)52-27-11-15-35-64(52)70(50-39-42-58-57-30-12-16-36-65(57)71(66(58)44-50)48-24-5-2-6-25-48)49-38-41-56-54-28-9-13-33-61(54)69(63(56)43-49)62-34-14-10-29-55(62)59-32-18-23-47-37-40-60(68(69)67(47)59)53-31-17-22-45-21-7-8-26-51(45)53/h1-44H. The quantitative estimate of drug-likeness (QED) is 0.161. The van der Waals surface area contributed by atoms with Gasteiger partial charge >= 0.3 is 0 Å². The van der Waals surface area contributed by atoms with Crippen LogP contribution < -0.4 is 4.90 Å². The van der Waals surface area contributed by atoms with Crippen molar-refractivity contribution in [1.82, 2.24) is 4.57 Å². The zero-order chi connectivity index (χ0) is 46.6. The van der Waals surface area contributed by atoms with Crippen LogP contribution in [0.2, 0.25) is 0 Å². The summed E-state index contributed by atoms with van der Waals surface area (Å²) in [6, 6.07) is 99.5. The van der Waals surface area contributed by atoms with E-state index in [0.717, 1.165) is 33.8 Å². The summed E-state index contributed by atoms with van der Waals surface area (Å²) in [6.45, 7) is 0. The van der Waals surface area contributed by atoms with E-state index in [0.29, 0.717) is 0 Å². The molecule has 1 unspecified atom stereocenters. The highest BCUT2D eigenvalue weighted by atomic mass is 15.1. The Morgan fingerprint density at radius 3 is 1.68 bits per heavy atom. The molecule has 1 aromatic heterocycles.